The number of hydrogen-bond donors (Lipinski definition) is 0. The normalized spacial score (nSPS) is 10.4. The van der Waals surface area contributed by atoms with Crippen molar-refractivity contribution >= 4 is 17.6 Å². The molecule has 0 atom stereocenters. The number of esters is 1. The van der Waals surface area contributed by atoms with Crippen molar-refractivity contribution in [1.82, 2.24) is 19.9 Å². The van der Waals surface area contributed by atoms with Gasteiger partial charge in [0.1, 0.15) is 13.2 Å². The van der Waals surface area contributed by atoms with Crippen molar-refractivity contribution in [1.29, 1.82) is 0 Å². The SMILES string of the molecule is CCC(=O)OCCOc1nc(-c2ncccn2)nc(Cl)c1Oc1ccccc1OC. The lowest BCUT2D eigenvalue weighted by molar-refractivity contribution is -0.143. The molecule has 9 nitrogen and oxygen atoms in total. The Balaban J connectivity index is 1.92. The Bertz CT molecular complexity index is 1000. The third kappa shape index (κ3) is 5.32. The number of halogens is 1. The zero-order valence-electron chi connectivity index (χ0n) is 16.4. The monoisotopic (exact) mass is 430 g/mol. The summed E-state index contributed by atoms with van der Waals surface area (Å²) in [5.74, 6) is 1.13. The van der Waals surface area contributed by atoms with E-state index in [1.807, 2.05) is 0 Å². The lowest BCUT2D eigenvalue weighted by Crippen LogP contribution is -2.12. The van der Waals surface area contributed by atoms with E-state index in [1.54, 1.807) is 49.6 Å². The van der Waals surface area contributed by atoms with Gasteiger partial charge in [-0.1, -0.05) is 30.7 Å². The molecule has 10 heteroatoms. The second kappa shape index (κ2) is 10.4. The van der Waals surface area contributed by atoms with Gasteiger partial charge in [-0.15, -0.1) is 0 Å². The van der Waals surface area contributed by atoms with E-state index in [0.717, 1.165) is 0 Å². The van der Waals surface area contributed by atoms with Gasteiger partial charge in [-0.2, -0.15) is 4.98 Å². The van der Waals surface area contributed by atoms with Gasteiger partial charge >= 0.3 is 5.97 Å². The predicted molar refractivity (Wildman–Crippen MR) is 108 cm³/mol. The molecule has 0 fully saturated rings. The van der Waals surface area contributed by atoms with Crippen LogP contribution in [0.15, 0.2) is 42.7 Å². The van der Waals surface area contributed by atoms with Gasteiger partial charge in [-0.3, -0.25) is 4.79 Å². The van der Waals surface area contributed by atoms with Crippen LogP contribution in [0, 0.1) is 0 Å². The van der Waals surface area contributed by atoms with Crippen molar-refractivity contribution in [3.63, 3.8) is 0 Å². The van der Waals surface area contributed by atoms with Crippen molar-refractivity contribution in [3.05, 3.63) is 47.9 Å². The van der Waals surface area contributed by atoms with E-state index in [1.165, 1.54) is 7.11 Å². The van der Waals surface area contributed by atoms with Gasteiger partial charge < -0.3 is 18.9 Å². The fraction of sp³-hybridized carbons (Fsp3) is 0.250. The number of nitrogens with zero attached hydrogens (tertiary/aromatic N) is 4. The van der Waals surface area contributed by atoms with Crippen LogP contribution in [-0.4, -0.2) is 46.2 Å². The fourth-order valence-electron chi connectivity index (χ4n) is 2.31. The quantitative estimate of drug-likeness (QED) is 0.285. The smallest absolute Gasteiger partial charge is 0.305 e. The van der Waals surface area contributed by atoms with Crippen LogP contribution in [0.25, 0.3) is 11.6 Å². The van der Waals surface area contributed by atoms with E-state index in [9.17, 15) is 4.79 Å². The first kappa shape index (κ1) is 21.3. The number of ether oxygens (including phenoxy) is 4. The van der Waals surface area contributed by atoms with Crippen molar-refractivity contribution in [2.45, 2.75) is 13.3 Å². The number of carbonyl (C=O) groups is 1. The summed E-state index contributed by atoms with van der Waals surface area (Å²) in [4.78, 5) is 28.1. The van der Waals surface area contributed by atoms with Crippen LogP contribution in [0.5, 0.6) is 23.1 Å². The van der Waals surface area contributed by atoms with Crippen molar-refractivity contribution < 1.29 is 23.7 Å². The summed E-state index contributed by atoms with van der Waals surface area (Å²) in [6, 6.07) is 8.70. The van der Waals surface area contributed by atoms with E-state index in [0.29, 0.717) is 11.5 Å². The molecule has 0 aliphatic carbocycles. The molecule has 3 aromatic rings. The molecule has 0 spiro atoms. The third-order valence-corrected chi connectivity index (χ3v) is 3.97. The van der Waals surface area contributed by atoms with Crippen LogP contribution in [-0.2, 0) is 9.53 Å². The minimum Gasteiger partial charge on any atom is -0.493 e. The van der Waals surface area contributed by atoms with Gasteiger partial charge in [0, 0.05) is 18.8 Å². The van der Waals surface area contributed by atoms with Crippen molar-refractivity contribution in [2.24, 2.45) is 0 Å². The van der Waals surface area contributed by atoms with Crippen LogP contribution in [0.2, 0.25) is 5.15 Å². The molecule has 0 bridgehead atoms. The minimum absolute atomic E-state index is 0.00101. The molecule has 156 valence electrons. The number of aromatic nitrogens is 4. The standard InChI is InChI=1S/C20H19ClN4O5/c1-3-15(26)28-11-12-29-20-16(30-14-8-5-4-7-13(14)27-2)17(21)24-19(25-20)18-22-9-6-10-23-18/h4-10H,3,11-12H2,1-2H3. The van der Waals surface area contributed by atoms with Crippen LogP contribution < -0.4 is 14.2 Å². The Kier molecular flexibility index (Phi) is 7.34. The summed E-state index contributed by atoms with van der Waals surface area (Å²) in [7, 11) is 1.52. The Labute approximate surface area is 178 Å². The molecule has 1 aromatic carbocycles. The van der Waals surface area contributed by atoms with E-state index in [4.69, 9.17) is 30.5 Å². The number of carbonyl (C=O) groups excluding carboxylic acids is 1. The lowest BCUT2D eigenvalue weighted by Gasteiger charge is -2.15. The zero-order valence-corrected chi connectivity index (χ0v) is 17.1. The van der Waals surface area contributed by atoms with E-state index in [2.05, 4.69) is 19.9 Å². The fourth-order valence-corrected chi connectivity index (χ4v) is 2.51. The van der Waals surface area contributed by atoms with Crippen LogP contribution in [0.3, 0.4) is 0 Å². The summed E-state index contributed by atoms with van der Waals surface area (Å²) >= 11 is 6.38. The van der Waals surface area contributed by atoms with Gasteiger partial charge in [-0.25, -0.2) is 15.0 Å². The first-order valence-corrected chi connectivity index (χ1v) is 9.44. The molecule has 0 N–H and O–H groups in total. The molecule has 0 amide bonds. The van der Waals surface area contributed by atoms with Crippen molar-refractivity contribution in [3.8, 4) is 34.8 Å². The second-order valence-electron chi connectivity index (χ2n) is 5.72. The van der Waals surface area contributed by atoms with Gasteiger partial charge in [0.15, 0.2) is 22.5 Å². The number of methoxy groups -OCH3 is 1. The second-order valence-corrected chi connectivity index (χ2v) is 6.08. The highest BCUT2D eigenvalue weighted by molar-refractivity contribution is 6.31. The highest BCUT2D eigenvalue weighted by atomic mass is 35.5. The maximum atomic E-state index is 11.3. The summed E-state index contributed by atoms with van der Waals surface area (Å²) in [6.07, 6.45) is 3.39. The van der Waals surface area contributed by atoms with Gasteiger partial charge in [-0.05, 0) is 18.2 Å². The van der Waals surface area contributed by atoms with Crippen LogP contribution in [0.4, 0.5) is 0 Å². The minimum atomic E-state index is -0.330. The summed E-state index contributed by atoms with van der Waals surface area (Å²) < 4.78 is 21.9. The summed E-state index contributed by atoms with van der Waals surface area (Å²) in [5, 5.41) is -0.00101. The molecule has 30 heavy (non-hydrogen) atoms. The van der Waals surface area contributed by atoms with Crippen molar-refractivity contribution in [2.75, 3.05) is 20.3 Å². The molecular weight excluding hydrogens is 412 g/mol. The zero-order chi connectivity index (χ0) is 21.3. The Hall–Kier alpha value is -3.46. The number of hydrogen-bond acceptors (Lipinski definition) is 9. The molecule has 0 unspecified atom stereocenters. The molecule has 0 saturated heterocycles. The number of benzene rings is 1. The highest BCUT2D eigenvalue weighted by Gasteiger charge is 2.20. The van der Waals surface area contributed by atoms with Crippen LogP contribution in [0.1, 0.15) is 13.3 Å². The first-order valence-electron chi connectivity index (χ1n) is 9.06. The average molecular weight is 431 g/mol. The third-order valence-electron chi connectivity index (χ3n) is 3.71. The molecule has 3 rings (SSSR count). The van der Waals surface area contributed by atoms with E-state index >= 15 is 0 Å². The molecule has 0 aliphatic rings. The molecule has 2 aromatic heterocycles. The summed E-state index contributed by atoms with van der Waals surface area (Å²) in [6.45, 7) is 1.79. The summed E-state index contributed by atoms with van der Waals surface area (Å²) in [5.41, 5.74) is 0. The maximum Gasteiger partial charge on any atom is 0.305 e. The first-order chi connectivity index (χ1) is 14.6. The molecule has 0 saturated carbocycles. The van der Waals surface area contributed by atoms with E-state index in [-0.39, 0.29) is 54.0 Å². The van der Waals surface area contributed by atoms with Crippen LogP contribution >= 0.6 is 11.6 Å². The van der Waals surface area contributed by atoms with Gasteiger partial charge in [0.05, 0.1) is 7.11 Å². The van der Waals surface area contributed by atoms with E-state index < -0.39 is 0 Å². The Morgan fingerprint density at radius 3 is 2.43 bits per heavy atom. The Morgan fingerprint density at radius 1 is 1.00 bits per heavy atom. The van der Waals surface area contributed by atoms with Gasteiger partial charge in [0.25, 0.3) is 5.88 Å². The number of para-hydroxylation sites is 2. The lowest BCUT2D eigenvalue weighted by atomic mass is 10.3. The predicted octanol–water partition coefficient (Wildman–Crippen LogP) is 3.72. The maximum absolute atomic E-state index is 11.3. The van der Waals surface area contributed by atoms with Gasteiger partial charge in [0.2, 0.25) is 11.6 Å². The molecule has 2 heterocycles. The molecule has 0 aliphatic heterocycles. The largest absolute Gasteiger partial charge is 0.493 e. The topological polar surface area (TPSA) is 106 Å². The molecular formula is C20H19ClN4O5. The Morgan fingerprint density at radius 2 is 1.73 bits per heavy atom. The number of rotatable bonds is 9. The average Bonchev–Trinajstić information content (AvgIpc) is 2.79. The highest BCUT2D eigenvalue weighted by Crippen LogP contribution is 2.40. The molecule has 0 radical (unpaired) electrons.